The van der Waals surface area contributed by atoms with Crippen LogP contribution in [0.1, 0.15) is 92.4 Å². The minimum absolute atomic E-state index is 0.307. The van der Waals surface area contributed by atoms with Gasteiger partial charge >= 0.3 is 0 Å². The number of rotatable bonds is 5. The Morgan fingerprint density at radius 2 is 1.97 bits per heavy atom. The summed E-state index contributed by atoms with van der Waals surface area (Å²) in [7, 11) is 0. The van der Waals surface area contributed by atoms with E-state index in [0.29, 0.717) is 36.0 Å². The molecule has 0 spiro atoms. The highest BCUT2D eigenvalue weighted by Crippen LogP contribution is 2.58. The SMILES string of the molecule is CC1=C(C#CC2=CCC[C@@]3(C)C2CC[C@@H]3C(C)CCCC(C)(C)O)C[C@H](O)CC1O. The molecule has 6 atom stereocenters. The van der Waals surface area contributed by atoms with Gasteiger partial charge in [-0.25, -0.2) is 0 Å². The molecule has 3 rings (SSSR count). The maximum absolute atomic E-state index is 10.1. The van der Waals surface area contributed by atoms with Gasteiger partial charge in [-0.05, 0) is 81.6 Å². The maximum Gasteiger partial charge on any atom is 0.0784 e. The molecule has 3 aliphatic carbocycles. The summed E-state index contributed by atoms with van der Waals surface area (Å²) in [4.78, 5) is 0. The van der Waals surface area contributed by atoms with Crippen LogP contribution in [-0.4, -0.2) is 33.1 Å². The van der Waals surface area contributed by atoms with E-state index in [1.807, 2.05) is 20.8 Å². The van der Waals surface area contributed by atoms with E-state index >= 15 is 0 Å². The summed E-state index contributed by atoms with van der Waals surface area (Å²) in [6, 6.07) is 0. The molecule has 3 nitrogen and oxygen atoms in total. The third-order valence-corrected chi connectivity index (χ3v) is 8.24. The molecule has 1 saturated carbocycles. The molecule has 1 fully saturated rings. The topological polar surface area (TPSA) is 60.7 Å². The minimum atomic E-state index is -0.565. The van der Waals surface area contributed by atoms with Gasteiger partial charge < -0.3 is 15.3 Å². The molecule has 3 unspecified atom stereocenters. The maximum atomic E-state index is 10.1. The van der Waals surface area contributed by atoms with Gasteiger partial charge in [0.05, 0.1) is 17.8 Å². The first kappa shape index (κ1) is 23.6. The van der Waals surface area contributed by atoms with Crippen molar-refractivity contribution in [1.82, 2.24) is 0 Å². The van der Waals surface area contributed by atoms with E-state index in [1.54, 1.807) is 0 Å². The largest absolute Gasteiger partial charge is 0.393 e. The van der Waals surface area contributed by atoms with Crippen LogP contribution in [0.2, 0.25) is 0 Å². The Bertz CT molecular complexity index is 744. The lowest BCUT2D eigenvalue weighted by Gasteiger charge is -2.42. The fourth-order valence-corrected chi connectivity index (χ4v) is 6.36. The highest BCUT2D eigenvalue weighted by atomic mass is 16.3. The van der Waals surface area contributed by atoms with Gasteiger partial charge in [0.25, 0.3) is 0 Å². The number of hydrogen-bond donors (Lipinski definition) is 3. The first-order valence-electron chi connectivity index (χ1n) is 12.0. The molecule has 0 radical (unpaired) electrons. The number of fused-ring (bicyclic) bond motifs is 1. The van der Waals surface area contributed by atoms with Gasteiger partial charge in [0.2, 0.25) is 0 Å². The Morgan fingerprint density at radius 1 is 1.23 bits per heavy atom. The molecule has 0 aromatic heterocycles. The van der Waals surface area contributed by atoms with Crippen molar-refractivity contribution in [2.24, 2.45) is 23.2 Å². The first-order valence-corrected chi connectivity index (χ1v) is 12.0. The molecular formula is C27H42O3. The summed E-state index contributed by atoms with van der Waals surface area (Å²) in [5.41, 5.74) is 2.87. The van der Waals surface area contributed by atoms with Crippen LogP contribution in [0, 0.1) is 35.0 Å². The molecule has 0 aromatic rings. The van der Waals surface area contributed by atoms with Crippen molar-refractivity contribution >= 4 is 0 Å². The Labute approximate surface area is 183 Å². The normalized spacial score (nSPS) is 35.4. The summed E-state index contributed by atoms with van der Waals surface area (Å²) in [6.45, 7) is 10.6. The van der Waals surface area contributed by atoms with Crippen LogP contribution in [0.25, 0.3) is 0 Å². The number of aliphatic hydroxyl groups excluding tert-OH is 2. The lowest BCUT2D eigenvalue weighted by atomic mass is 9.62. The summed E-state index contributed by atoms with van der Waals surface area (Å²) in [5.74, 6) is 8.73. The molecule has 168 valence electrons. The van der Waals surface area contributed by atoms with E-state index in [2.05, 4.69) is 31.8 Å². The summed E-state index contributed by atoms with van der Waals surface area (Å²) in [5, 5.41) is 30.2. The van der Waals surface area contributed by atoms with Crippen molar-refractivity contribution < 1.29 is 15.3 Å². The van der Waals surface area contributed by atoms with Crippen LogP contribution < -0.4 is 0 Å². The molecule has 0 saturated heterocycles. The highest BCUT2D eigenvalue weighted by Gasteiger charge is 2.50. The number of allylic oxidation sites excluding steroid dienone is 2. The van der Waals surface area contributed by atoms with Crippen LogP contribution in [0.5, 0.6) is 0 Å². The molecule has 0 aromatic carbocycles. The third kappa shape index (κ3) is 5.21. The van der Waals surface area contributed by atoms with Crippen molar-refractivity contribution in [3.05, 3.63) is 22.8 Å². The van der Waals surface area contributed by atoms with E-state index in [9.17, 15) is 15.3 Å². The summed E-state index contributed by atoms with van der Waals surface area (Å²) >= 11 is 0. The van der Waals surface area contributed by atoms with E-state index < -0.39 is 17.8 Å². The predicted molar refractivity (Wildman–Crippen MR) is 123 cm³/mol. The van der Waals surface area contributed by atoms with Gasteiger partial charge in [-0.3, -0.25) is 0 Å². The van der Waals surface area contributed by atoms with Crippen LogP contribution in [0.3, 0.4) is 0 Å². The van der Waals surface area contributed by atoms with Gasteiger partial charge in [0.15, 0.2) is 0 Å². The van der Waals surface area contributed by atoms with Crippen molar-refractivity contribution in [2.45, 2.75) is 110 Å². The zero-order valence-corrected chi connectivity index (χ0v) is 19.7. The number of aliphatic hydroxyl groups is 3. The van der Waals surface area contributed by atoms with E-state index in [4.69, 9.17) is 0 Å². The lowest BCUT2D eigenvalue weighted by Crippen LogP contribution is -2.35. The van der Waals surface area contributed by atoms with Crippen LogP contribution >= 0.6 is 0 Å². The Balaban J connectivity index is 1.71. The van der Waals surface area contributed by atoms with Crippen molar-refractivity contribution in [3.8, 4) is 11.8 Å². The third-order valence-electron chi connectivity index (χ3n) is 8.24. The fourth-order valence-electron chi connectivity index (χ4n) is 6.36. The molecule has 3 aliphatic rings. The van der Waals surface area contributed by atoms with Gasteiger partial charge in [-0.1, -0.05) is 44.6 Å². The van der Waals surface area contributed by atoms with E-state index in [0.717, 1.165) is 30.4 Å². The van der Waals surface area contributed by atoms with Crippen molar-refractivity contribution in [1.29, 1.82) is 0 Å². The van der Waals surface area contributed by atoms with Crippen LogP contribution in [0.4, 0.5) is 0 Å². The molecule has 0 amide bonds. The minimum Gasteiger partial charge on any atom is -0.393 e. The summed E-state index contributed by atoms with van der Waals surface area (Å²) < 4.78 is 0. The molecule has 0 bridgehead atoms. The molecule has 3 heteroatoms. The second kappa shape index (κ2) is 9.19. The van der Waals surface area contributed by atoms with Gasteiger partial charge in [0, 0.05) is 24.0 Å². The standard InChI is InChI=1S/C27H42O3/c1-18(8-6-14-26(3,4)30)23-12-13-24-20(9-7-15-27(23,24)5)10-11-21-16-22(28)17-25(29)19(21)2/h9,18,22-25,28-30H,6-8,12-17H2,1-5H3/t18?,22-,23+,24?,25?,27+/m0/s1. The zero-order valence-electron chi connectivity index (χ0n) is 19.7. The first-order chi connectivity index (χ1) is 14.0. The average Bonchev–Trinajstić information content (AvgIpc) is 3.00. The smallest absolute Gasteiger partial charge is 0.0784 e. The molecule has 0 aliphatic heterocycles. The van der Waals surface area contributed by atoms with Gasteiger partial charge in [-0.15, -0.1) is 0 Å². The monoisotopic (exact) mass is 414 g/mol. The lowest BCUT2D eigenvalue weighted by molar-refractivity contribution is 0.0614. The van der Waals surface area contributed by atoms with Crippen molar-refractivity contribution in [2.75, 3.05) is 0 Å². The molecule has 0 heterocycles. The molecule has 30 heavy (non-hydrogen) atoms. The van der Waals surface area contributed by atoms with Gasteiger partial charge in [0.1, 0.15) is 0 Å². The fraction of sp³-hybridized carbons (Fsp3) is 0.778. The average molecular weight is 415 g/mol. The Kier molecular flexibility index (Phi) is 7.22. The van der Waals surface area contributed by atoms with E-state index in [-0.39, 0.29) is 0 Å². The van der Waals surface area contributed by atoms with Gasteiger partial charge in [-0.2, -0.15) is 0 Å². The van der Waals surface area contributed by atoms with Crippen molar-refractivity contribution in [3.63, 3.8) is 0 Å². The quantitative estimate of drug-likeness (QED) is 0.545. The van der Waals surface area contributed by atoms with E-state index in [1.165, 1.54) is 31.3 Å². The zero-order chi connectivity index (χ0) is 22.1. The summed E-state index contributed by atoms with van der Waals surface area (Å²) in [6.07, 6.45) is 10.2. The highest BCUT2D eigenvalue weighted by molar-refractivity contribution is 5.44. The molecule has 3 N–H and O–H groups in total. The van der Waals surface area contributed by atoms with Crippen LogP contribution in [-0.2, 0) is 0 Å². The Morgan fingerprint density at radius 3 is 2.67 bits per heavy atom. The molecular weight excluding hydrogens is 372 g/mol. The second-order valence-electron chi connectivity index (χ2n) is 11.1. The van der Waals surface area contributed by atoms with Crippen LogP contribution in [0.15, 0.2) is 22.8 Å². The number of hydrogen-bond acceptors (Lipinski definition) is 3. The predicted octanol–water partition coefficient (Wildman–Crippen LogP) is 5.15. The Hall–Kier alpha value is -1.08. The second-order valence-corrected chi connectivity index (χ2v) is 11.1.